The molecule has 5 heteroatoms. The second-order valence-electron chi connectivity index (χ2n) is 6.16. The van der Waals surface area contributed by atoms with Crippen molar-refractivity contribution in [2.75, 3.05) is 5.32 Å². The van der Waals surface area contributed by atoms with E-state index in [0.717, 1.165) is 10.5 Å². The molecule has 0 aliphatic rings. The Labute approximate surface area is 168 Å². The van der Waals surface area contributed by atoms with Crippen molar-refractivity contribution in [3.63, 3.8) is 0 Å². The van der Waals surface area contributed by atoms with Gasteiger partial charge in [0.05, 0.1) is 0 Å². The van der Waals surface area contributed by atoms with Gasteiger partial charge in [-0.05, 0) is 36.8 Å². The predicted molar refractivity (Wildman–Crippen MR) is 112 cm³/mol. The Morgan fingerprint density at radius 3 is 1.96 bits per heavy atom. The van der Waals surface area contributed by atoms with Crippen molar-refractivity contribution in [1.82, 2.24) is 0 Å². The number of para-hydroxylation sites is 1. The highest BCUT2D eigenvalue weighted by atomic mass is 32.2. The molecule has 2 atom stereocenters. The summed E-state index contributed by atoms with van der Waals surface area (Å²) in [5, 5.41) is 2.19. The molecule has 1 N–H and O–H groups in total. The van der Waals surface area contributed by atoms with Gasteiger partial charge in [-0.1, -0.05) is 66.7 Å². The smallest absolute Gasteiger partial charge is 0.324 e. The van der Waals surface area contributed by atoms with E-state index in [1.165, 1.54) is 11.8 Å². The number of hydrogen-bond acceptors (Lipinski definition) is 4. The summed E-state index contributed by atoms with van der Waals surface area (Å²) in [6.07, 6.45) is -0.907. The van der Waals surface area contributed by atoms with Gasteiger partial charge in [0.2, 0.25) is 0 Å². The van der Waals surface area contributed by atoms with Gasteiger partial charge >= 0.3 is 5.97 Å². The number of amides is 1. The van der Waals surface area contributed by atoms with Crippen molar-refractivity contribution in [2.45, 2.75) is 23.2 Å². The molecule has 0 radical (unpaired) electrons. The lowest BCUT2D eigenvalue weighted by Crippen LogP contribution is -2.31. The lowest BCUT2D eigenvalue weighted by Gasteiger charge is -2.19. The summed E-state index contributed by atoms with van der Waals surface area (Å²) in [4.78, 5) is 26.2. The molecular weight excluding hydrogens is 370 g/mol. The van der Waals surface area contributed by atoms with Gasteiger partial charge in [-0.15, -0.1) is 11.8 Å². The van der Waals surface area contributed by atoms with E-state index < -0.39 is 17.3 Å². The monoisotopic (exact) mass is 391 g/mol. The maximum Gasteiger partial charge on any atom is 0.324 e. The largest absolute Gasteiger partial charge is 0.451 e. The van der Waals surface area contributed by atoms with E-state index in [2.05, 4.69) is 5.32 Å². The zero-order valence-electron chi connectivity index (χ0n) is 15.4. The van der Waals surface area contributed by atoms with Crippen molar-refractivity contribution < 1.29 is 14.3 Å². The molecule has 0 unspecified atom stereocenters. The van der Waals surface area contributed by atoms with Gasteiger partial charge in [0, 0.05) is 10.6 Å². The van der Waals surface area contributed by atoms with E-state index >= 15 is 0 Å². The number of esters is 1. The minimum absolute atomic E-state index is 0.365. The lowest BCUT2D eigenvalue weighted by molar-refractivity contribution is -0.152. The van der Waals surface area contributed by atoms with E-state index in [1.54, 1.807) is 19.1 Å². The first kappa shape index (κ1) is 19.7. The Morgan fingerprint density at radius 2 is 1.36 bits per heavy atom. The van der Waals surface area contributed by atoms with Gasteiger partial charge in [0.15, 0.2) is 6.10 Å². The fraction of sp³-hybridized carbons (Fsp3) is 0.130. The van der Waals surface area contributed by atoms with Crippen LogP contribution in [0.2, 0.25) is 0 Å². The molecule has 3 aromatic carbocycles. The number of anilines is 1. The molecule has 0 aliphatic heterocycles. The quantitative estimate of drug-likeness (QED) is 0.450. The van der Waals surface area contributed by atoms with Gasteiger partial charge in [0.25, 0.3) is 5.91 Å². The van der Waals surface area contributed by atoms with Gasteiger partial charge in [-0.2, -0.15) is 0 Å². The van der Waals surface area contributed by atoms with Crippen molar-refractivity contribution in [3.8, 4) is 0 Å². The highest BCUT2D eigenvalue weighted by Gasteiger charge is 2.27. The van der Waals surface area contributed by atoms with Crippen LogP contribution in [-0.2, 0) is 14.3 Å². The van der Waals surface area contributed by atoms with Crippen LogP contribution in [0.5, 0.6) is 0 Å². The van der Waals surface area contributed by atoms with Crippen LogP contribution in [0.15, 0.2) is 95.9 Å². The molecule has 1 amide bonds. The number of carbonyl (C=O) groups excluding carboxylic acids is 2. The first-order valence-electron chi connectivity index (χ1n) is 8.96. The molecule has 3 aromatic rings. The normalized spacial score (nSPS) is 12.6. The van der Waals surface area contributed by atoms with E-state index in [1.807, 2.05) is 78.9 Å². The van der Waals surface area contributed by atoms with Gasteiger partial charge in [-0.25, -0.2) is 0 Å². The maximum atomic E-state index is 12.9. The summed E-state index contributed by atoms with van der Waals surface area (Å²) in [7, 11) is 0. The third-order valence-corrected chi connectivity index (χ3v) is 5.26. The van der Waals surface area contributed by atoms with Crippen molar-refractivity contribution in [1.29, 1.82) is 0 Å². The number of hydrogen-bond donors (Lipinski definition) is 1. The van der Waals surface area contributed by atoms with Crippen LogP contribution in [0.25, 0.3) is 0 Å². The lowest BCUT2D eigenvalue weighted by atomic mass is 10.1. The molecule has 0 bridgehead atoms. The average Bonchev–Trinajstić information content (AvgIpc) is 2.74. The molecule has 0 fully saturated rings. The molecule has 3 rings (SSSR count). The Bertz CT molecular complexity index is 901. The first-order chi connectivity index (χ1) is 13.6. The number of thioether (sulfide) groups is 1. The number of ether oxygens (including phenoxy) is 1. The van der Waals surface area contributed by atoms with Crippen LogP contribution in [0.1, 0.15) is 17.7 Å². The minimum Gasteiger partial charge on any atom is -0.451 e. The third-order valence-electron chi connectivity index (χ3n) is 4.02. The number of carbonyl (C=O) groups is 2. The number of benzene rings is 3. The Morgan fingerprint density at radius 1 is 0.821 bits per heavy atom. The first-order valence-corrected chi connectivity index (χ1v) is 9.84. The van der Waals surface area contributed by atoms with E-state index in [4.69, 9.17) is 4.74 Å². The van der Waals surface area contributed by atoms with E-state index in [9.17, 15) is 9.59 Å². The molecule has 4 nitrogen and oxygen atoms in total. The van der Waals surface area contributed by atoms with Crippen LogP contribution >= 0.6 is 11.8 Å². The van der Waals surface area contributed by atoms with Crippen LogP contribution in [-0.4, -0.2) is 18.0 Å². The maximum absolute atomic E-state index is 12.9. The molecule has 142 valence electrons. The van der Waals surface area contributed by atoms with Gasteiger partial charge in [-0.3, -0.25) is 9.59 Å². The summed E-state index contributed by atoms with van der Waals surface area (Å²) in [5.74, 6) is -0.813. The Hall–Kier alpha value is -3.05. The standard InChI is InChI=1S/C23H21NO3S/c1-17(22(25)24-19-13-7-3-8-14-19)27-23(26)21(18-11-5-2-6-12-18)28-20-15-9-4-10-16-20/h2-17,21H,1H3,(H,24,25)/t17-,21+/m1/s1. The van der Waals surface area contributed by atoms with Gasteiger partial charge in [0.1, 0.15) is 5.25 Å². The summed E-state index contributed by atoms with van der Waals surface area (Å²) in [6.45, 7) is 1.57. The highest BCUT2D eigenvalue weighted by molar-refractivity contribution is 8.00. The second kappa shape index (κ2) is 9.76. The summed E-state index contributed by atoms with van der Waals surface area (Å²) in [5.41, 5.74) is 1.49. The highest BCUT2D eigenvalue weighted by Crippen LogP contribution is 2.36. The van der Waals surface area contributed by atoms with Crippen LogP contribution < -0.4 is 5.32 Å². The fourth-order valence-electron chi connectivity index (χ4n) is 2.57. The van der Waals surface area contributed by atoms with E-state index in [0.29, 0.717) is 5.69 Å². The van der Waals surface area contributed by atoms with Gasteiger partial charge < -0.3 is 10.1 Å². The Kier molecular flexibility index (Phi) is 6.87. The molecule has 28 heavy (non-hydrogen) atoms. The SMILES string of the molecule is C[C@@H](OC(=O)[C@@H](Sc1ccccc1)c1ccccc1)C(=O)Nc1ccccc1. The zero-order chi connectivity index (χ0) is 19.8. The van der Waals surface area contributed by atoms with E-state index in [-0.39, 0.29) is 5.91 Å². The summed E-state index contributed by atoms with van der Waals surface area (Å²) >= 11 is 1.40. The molecule has 0 heterocycles. The molecule has 0 saturated carbocycles. The predicted octanol–water partition coefficient (Wildman–Crippen LogP) is 5.09. The fourth-order valence-corrected chi connectivity index (χ4v) is 3.60. The van der Waals surface area contributed by atoms with Crippen LogP contribution in [0.3, 0.4) is 0 Å². The Balaban J connectivity index is 1.71. The topological polar surface area (TPSA) is 55.4 Å². The molecular formula is C23H21NO3S. The second-order valence-corrected chi connectivity index (χ2v) is 7.33. The molecule has 0 spiro atoms. The number of nitrogens with one attached hydrogen (secondary N) is 1. The van der Waals surface area contributed by atoms with Crippen molar-refractivity contribution in [3.05, 3.63) is 96.6 Å². The minimum atomic E-state index is -0.907. The van der Waals surface area contributed by atoms with Crippen molar-refractivity contribution >= 4 is 29.3 Å². The van der Waals surface area contributed by atoms with Crippen LogP contribution in [0.4, 0.5) is 5.69 Å². The molecule has 0 aliphatic carbocycles. The zero-order valence-corrected chi connectivity index (χ0v) is 16.3. The average molecular weight is 391 g/mol. The molecule has 0 aromatic heterocycles. The van der Waals surface area contributed by atoms with Crippen LogP contribution in [0, 0.1) is 0 Å². The van der Waals surface area contributed by atoms with Crippen molar-refractivity contribution in [2.24, 2.45) is 0 Å². The summed E-state index contributed by atoms with van der Waals surface area (Å²) < 4.78 is 5.50. The third kappa shape index (κ3) is 5.47. The number of rotatable bonds is 7. The molecule has 0 saturated heterocycles. The summed E-state index contributed by atoms with van der Waals surface area (Å²) in [6, 6.07) is 28.2.